The van der Waals surface area contributed by atoms with Crippen molar-refractivity contribution in [3.8, 4) is 5.75 Å². The lowest BCUT2D eigenvalue weighted by molar-refractivity contribution is -0.117. The van der Waals surface area contributed by atoms with Crippen LogP contribution >= 0.6 is 12.2 Å². The molecule has 3 N–H and O–H groups in total. The number of thiocarbonyl (C=S) groups is 1. The number of amides is 2. The zero-order valence-corrected chi connectivity index (χ0v) is 14.1. The highest BCUT2D eigenvalue weighted by molar-refractivity contribution is 7.80. The molecule has 0 atom stereocenters. The second-order valence-corrected chi connectivity index (χ2v) is 5.28. The van der Waals surface area contributed by atoms with Gasteiger partial charge in [0, 0.05) is 18.3 Å². The first-order valence-corrected chi connectivity index (χ1v) is 7.53. The second-order valence-electron chi connectivity index (χ2n) is 4.87. The van der Waals surface area contributed by atoms with Crippen LogP contribution in [0.15, 0.2) is 48.5 Å². The van der Waals surface area contributed by atoms with Gasteiger partial charge in [0.2, 0.25) is 5.91 Å². The number of benzene rings is 2. The van der Waals surface area contributed by atoms with E-state index in [1.165, 1.54) is 14.0 Å². The summed E-state index contributed by atoms with van der Waals surface area (Å²) in [6, 6.07) is 13.9. The molecule has 2 rings (SSSR count). The number of anilines is 2. The van der Waals surface area contributed by atoms with Gasteiger partial charge in [-0.05, 0) is 48.6 Å². The third-order valence-corrected chi connectivity index (χ3v) is 3.25. The van der Waals surface area contributed by atoms with Gasteiger partial charge in [-0.15, -0.1) is 0 Å². The number of methoxy groups -OCH3 is 1. The summed E-state index contributed by atoms with van der Waals surface area (Å²) < 4.78 is 5.18. The first kappa shape index (κ1) is 17.4. The largest absolute Gasteiger partial charge is 0.496 e. The maximum Gasteiger partial charge on any atom is 0.259 e. The van der Waals surface area contributed by atoms with Crippen molar-refractivity contribution in [2.24, 2.45) is 0 Å². The molecular formula is C17H17N3O3S. The lowest BCUT2D eigenvalue weighted by Gasteiger charge is -2.11. The maximum atomic E-state index is 12.3. The van der Waals surface area contributed by atoms with Crippen LogP contribution in [0, 0.1) is 0 Å². The number of ether oxygens (including phenoxy) is 1. The molecule has 0 aromatic heterocycles. The molecule has 0 aliphatic rings. The Morgan fingerprint density at radius 1 is 0.958 bits per heavy atom. The van der Waals surface area contributed by atoms with Crippen LogP contribution in [-0.4, -0.2) is 24.0 Å². The number of para-hydroxylation sites is 1. The molecule has 0 fully saturated rings. The van der Waals surface area contributed by atoms with E-state index in [-0.39, 0.29) is 16.9 Å². The molecule has 0 saturated carbocycles. The third kappa shape index (κ3) is 4.79. The van der Waals surface area contributed by atoms with Crippen LogP contribution < -0.4 is 20.7 Å². The summed E-state index contributed by atoms with van der Waals surface area (Å²) >= 11 is 4.98. The van der Waals surface area contributed by atoms with E-state index in [1.807, 2.05) is 0 Å². The van der Waals surface area contributed by atoms with Crippen molar-refractivity contribution in [2.75, 3.05) is 17.7 Å². The van der Waals surface area contributed by atoms with Gasteiger partial charge in [-0.3, -0.25) is 9.59 Å². The van der Waals surface area contributed by atoms with Gasteiger partial charge in [-0.1, -0.05) is 12.1 Å². The highest BCUT2D eigenvalue weighted by Crippen LogP contribution is 2.20. The number of hydrogen-bond donors (Lipinski definition) is 3. The molecule has 0 spiro atoms. The Labute approximate surface area is 145 Å². The Balaban J connectivity index is 2.02. The normalized spacial score (nSPS) is 9.75. The summed E-state index contributed by atoms with van der Waals surface area (Å²) in [5.74, 6) is 0.00376. The van der Waals surface area contributed by atoms with Crippen molar-refractivity contribution < 1.29 is 14.3 Å². The van der Waals surface area contributed by atoms with Gasteiger partial charge < -0.3 is 20.7 Å². The minimum absolute atomic E-state index is 0.216. The van der Waals surface area contributed by atoms with Crippen molar-refractivity contribution in [3.63, 3.8) is 0 Å². The molecule has 2 aromatic rings. The van der Waals surface area contributed by atoms with E-state index in [0.29, 0.717) is 22.7 Å². The fourth-order valence-corrected chi connectivity index (χ4v) is 2.25. The van der Waals surface area contributed by atoms with Crippen LogP contribution in [0.5, 0.6) is 5.75 Å². The topological polar surface area (TPSA) is 79.5 Å². The number of hydrogen-bond acceptors (Lipinski definition) is 4. The Hall–Kier alpha value is -2.93. The van der Waals surface area contributed by atoms with E-state index >= 15 is 0 Å². The van der Waals surface area contributed by atoms with Crippen LogP contribution in [0.3, 0.4) is 0 Å². The van der Waals surface area contributed by atoms with E-state index in [0.717, 1.165) is 0 Å². The van der Waals surface area contributed by atoms with E-state index in [1.54, 1.807) is 48.5 Å². The molecule has 2 amide bonds. The van der Waals surface area contributed by atoms with Crippen molar-refractivity contribution >= 4 is 40.5 Å². The lowest BCUT2D eigenvalue weighted by Crippen LogP contribution is -2.32. The molecule has 124 valence electrons. The minimum Gasteiger partial charge on any atom is -0.496 e. The van der Waals surface area contributed by atoms with Crippen molar-refractivity contribution in [2.45, 2.75) is 6.92 Å². The van der Waals surface area contributed by atoms with Gasteiger partial charge in [0.15, 0.2) is 5.11 Å². The van der Waals surface area contributed by atoms with Gasteiger partial charge in [0.25, 0.3) is 5.91 Å². The van der Waals surface area contributed by atoms with Crippen molar-refractivity contribution in [1.29, 1.82) is 0 Å². The van der Waals surface area contributed by atoms with Crippen LogP contribution in [0.1, 0.15) is 17.3 Å². The fraction of sp³-hybridized carbons (Fsp3) is 0.118. The first-order chi connectivity index (χ1) is 11.5. The predicted octanol–water partition coefficient (Wildman–Crippen LogP) is 2.78. The van der Waals surface area contributed by atoms with Crippen molar-refractivity contribution in [3.05, 3.63) is 54.1 Å². The average Bonchev–Trinajstić information content (AvgIpc) is 2.55. The van der Waals surface area contributed by atoms with Crippen molar-refractivity contribution in [1.82, 2.24) is 5.32 Å². The number of nitrogens with one attached hydrogen (secondary N) is 3. The molecular weight excluding hydrogens is 326 g/mol. The van der Waals surface area contributed by atoms with Crippen LogP contribution in [0.2, 0.25) is 0 Å². The Kier molecular flexibility index (Phi) is 5.86. The molecule has 0 radical (unpaired) electrons. The summed E-state index contributed by atoms with van der Waals surface area (Å²) in [6.45, 7) is 1.38. The molecule has 0 heterocycles. The molecule has 0 saturated heterocycles. The van der Waals surface area contributed by atoms with E-state index in [2.05, 4.69) is 16.0 Å². The second kappa shape index (κ2) is 8.07. The number of carbonyl (C=O) groups is 2. The Morgan fingerprint density at radius 3 is 2.12 bits per heavy atom. The first-order valence-electron chi connectivity index (χ1n) is 7.12. The molecule has 6 nitrogen and oxygen atoms in total. The number of rotatable bonds is 4. The van der Waals surface area contributed by atoms with Gasteiger partial charge in [-0.25, -0.2) is 0 Å². The lowest BCUT2D eigenvalue weighted by atomic mass is 10.2. The summed E-state index contributed by atoms with van der Waals surface area (Å²) in [5.41, 5.74) is 1.78. The van der Waals surface area contributed by atoms with E-state index in [4.69, 9.17) is 17.0 Å². The molecule has 0 bridgehead atoms. The van der Waals surface area contributed by atoms with Gasteiger partial charge in [-0.2, -0.15) is 0 Å². The van der Waals surface area contributed by atoms with Crippen LogP contribution in [0.4, 0.5) is 11.4 Å². The average molecular weight is 343 g/mol. The maximum absolute atomic E-state index is 12.3. The summed E-state index contributed by atoms with van der Waals surface area (Å²) in [7, 11) is 1.52. The molecule has 0 aliphatic heterocycles. The molecule has 7 heteroatoms. The fourth-order valence-electron chi connectivity index (χ4n) is 1.99. The zero-order chi connectivity index (χ0) is 17.5. The summed E-state index contributed by atoms with van der Waals surface area (Å²) in [5, 5.41) is 8.35. The molecule has 0 aliphatic carbocycles. The smallest absolute Gasteiger partial charge is 0.259 e. The zero-order valence-electron chi connectivity index (χ0n) is 13.3. The van der Waals surface area contributed by atoms with Gasteiger partial charge in [0.05, 0.1) is 12.7 Å². The summed E-state index contributed by atoms with van der Waals surface area (Å²) in [6.07, 6.45) is 0. The van der Waals surface area contributed by atoms with Gasteiger partial charge >= 0.3 is 0 Å². The highest BCUT2D eigenvalue weighted by Gasteiger charge is 2.11. The minimum atomic E-state index is -0.262. The van der Waals surface area contributed by atoms with E-state index < -0.39 is 0 Å². The van der Waals surface area contributed by atoms with Crippen LogP contribution in [-0.2, 0) is 4.79 Å². The van der Waals surface area contributed by atoms with Gasteiger partial charge in [0.1, 0.15) is 5.75 Å². The number of carbonyl (C=O) groups excluding carboxylic acids is 2. The standard InChI is InChI=1S/C17H17N3O3S/c1-11(21)18-17(24)20-13-9-7-12(8-10-13)19-16(22)14-5-3-4-6-15(14)23-2/h3-10H,1-2H3,(H,19,22)(H2,18,20,21,24). The Bertz CT molecular complexity index is 760. The monoisotopic (exact) mass is 343 g/mol. The van der Waals surface area contributed by atoms with E-state index in [9.17, 15) is 9.59 Å². The third-order valence-electron chi connectivity index (χ3n) is 3.04. The predicted molar refractivity (Wildman–Crippen MR) is 97.4 cm³/mol. The Morgan fingerprint density at radius 2 is 1.54 bits per heavy atom. The molecule has 24 heavy (non-hydrogen) atoms. The summed E-state index contributed by atoms with van der Waals surface area (Å²) in [4.78, 5) is 23.2. The van der Waals surface area contributed by atoms with Crippen LogP contribution in [0.25, 0.3) is 0 Å². The molecule has 0 unspecified atom stereocenters. The SMILES string of the molecule is COc1ccccc1C(=O)Nc1ccc(NC(=S)NC(C)=O)cc1. The highest BCUT2D eigenvalue weighted by atomic mass is 32.1. The quantitative estimate of drug-likeness (QED) is 0.744. The molecule has 2 aromatic carbocycles.